The Morgan fingerprint density at radius 1 is 1.27 bits per heavy atom. The quantitative estimate of drug-likeness (QED) is 0.190. The zero-order valence-corrected chi connectivity index (χ0v) is 22.7. The molecular formula is C32H32ClN5O3. The van der Waals surface area contributed by atoms with E-state index in [9.17, 15) is 10.1 Å². The molecule has 1 N–H and O–H groups in total. The second-order valence-electron chi connectivity index (χ2n) is 8.24. The first kappa shape index (κ1) is 15.0. The number of likely N-dealkylation sites (N-methyl/N-ethyl adjacent to an activating group) is 1. The molecule has 0 saturated carbocycles. The average molecular weight is 586 g/mol. The molecule has 0 fully saturated rings. The predicted molar refractivity (Wildman–Crippen MR) is 162 cm³/mol. The lowest BCUT2D eigenvalue weighted by Crippen LogP contribution is -2.11. The smallest absolute Gasteiger partial charge is 0.159 e. The molecule has 0 amide bonds. The number of allylic oxidation sites excluding steroid dienone is 1. The number of carbonyl (C=O) groups excluding carboxylic acids is 1. The summed E-state index contributed by atoms with van der Waals surface area (Å²) in [7, 11) is 1.30. The van der Waals surface area contributed by atoms with E-state index >= 15 is 0 Å². The van der Waals surface area contributed by atoms with Gasteiger partial charge in [-0.1, -0.05) is 23.7 Å². The summed E-state index contributed by atoms with van der Waals surface area (Å²) < 4.78 is 143. The number of benzene rings is 2. The Balaban J connectivity index is 1.93. The summed E-state index contributed by atoms with van der Waals surface area (Å²) in [5.41, 5.74) is -3.45. The number of halogens is 1. The molecule has 0 aliphatic rings. The summed E-state index contributed by atoms with van der Waals surface area (Å²) in [6.07, 6.45) is 0.770. The molecule has 41 heavy (non-hydrogen) atoms. The third kappa shape index (κ3) is 7.82. The number of aryl methyl sites for hydroxylation is 1. The Labute approximate surface area is 267 Å². The average Bonchev–Trinajstić information content (AvgIpc) is 3.10. The van der Waals surface area contributed by atoms with Gasteiger partial charge in [0.15, 0.2) is 5.78 Å². The van der Waals surface area contributed by atoms with Gasteiger partial charge in [0.2, 0.25) is 0 Å². The van der Waals surface area contributed by atoms with Gasteiger partial charge in [0.1, 0.15) is 24.1 Å². The number of nitrogens with zero attached hydrogens (tertiary/aromatic N) is 4. The van der Waals surface area contributed by atoms with Gasteiger partial charge in [-0.05, 0) is 70.2 Å². The Morgan fingerprint density at radius 2 is 2.12 bits per heavy atom. The van der Waals surface area contributed by atoms with Crippen molar-refractivity contribution in [1.82, 2.24) is 14.9 Å². The van der Waals surface area contributed by atoms with Crippen LogP contribution < -0.4 is 14.8 Å². The summed E-state index contributed by atoms with van der Waals surface area (Å²) in [6.45, 7) is -5.91. The van der Waals surface area contributed by atoms with Crippen LogP contribution in [0.25, 0.3) is 10.9 Å². The minimum atomic E-state index is -3.08. The zero-order valence-electron chi connectivity index (χ0n) is 38.0. The van der Waals surface area contributed by atoms with Gasteiger partial charge in [0.05, 0.1) is 51.9 Å². The fourth-order valence-corrected chi connectivity index (χ4v) is 3.53. The standard InChI is InChI=1S/C32H32ClN5O3/c1-5-40-31-17-29-27(15-22(31)14-26(39)10-7-13-38(3)4)32(23(18-34)19-35-29)37-24-11-12-30(28(33)16-24)41-20-25-9-6-8-21(2)36-25/h6-12,15-17,19H,5,13-14,20H2,1-4H3,(H,35,37)/b10-7+/i3D3,5D2,6D,8D,9D,11D,12D,15D,16D,17D,19D,20D2. The van der Waals surface area contributed by atoms with Crippen molar-refractivity contribution in [1.29, 1.82) is 5.26 Å². The fraction of sp³-hybridized carbons (Fsp3) is 0.250. The highest BCUT2D eigenvalue weighted by Gasteiger charge is 2.16. The van der Waals surface area contributed by atoms with Crippen molar-refractivity contribution in [2.24, 2.45) is 0 Å². The van der Waals surface area contributed by atoms with E-state index in [1.165, 1.54) is 20.0 Å². The summed E-state index contributed by atoms with van der Waals surface area (Å²) in [5.74, 6) is -2.19. The molecule has 8 nitrogen and oxygen atoms in total. The van der Waals surface area contributed by atoms with Crippen LogP contribution in [-0.4, -0.2) is 47.8 Å². The number of ether oxygens (including phenoxy) is 2. The Hall–Kier alpha value is -4.45. The zero-order chi connectivity index (χ0) is 43.3. The van der Waals surface area contributed by atoms with Crippen LogP contribution >= 0.6 is 11.6 Å². The number of anilines is 2. The van der Waals surface area contributed by atoms with Gasteiger partial charge in [-0.2, -0.15) is 5.26 Å². The van der Waals surface area contributed by atoms with E-state index in [0.29, 0.717) is 0 Å². The van der Waals surface area contributed by atoms with Crippen LogP contribution in [0.4, 0.5) is 11.4 Å². The maximum absolute atomic E-state index is 13.2. The number of ketones is 1. The van der Waals surface area contributed by atoms with Crippen LogP contribution in [-0.2, 0) is 17.8 Å². The normalized spacial score (nSPS) is 17.8. The Morgan fingerprint density at radius 3 is 2.90 bits per heavy atom. The van der Waals surface area contributed by atoms with Gasteiger partial charge in [-0.3, -0.25) is 14.8 Å². The van der Waals surface area contributed by atoms with Crippen LogP contribution in [0.2, 0.25) is 5.02 Å². The maximum Gasteiger partial charge on any atom is 0.159 e. The molecule has 0 atom stereocenters. The van der Waals surface area contributed by atoms with E-state index in [1.807, 2.05) is 0 Å². The molecule has 0 aliphatic heterocycles. The fourth-order valence-electron chi connectivity index (χ4n) is 3.35. The molecule has 2 aromatic heterocycles. The molecule has 4 aromatic rings. The molecule has 0 aliphatic carbocycles. The third-order valence-electron chi connectivity index (χ3n) is 5.09. The van der Waals surface area contributed by atoms with Crippen molar-refractivity contribution < 1.29 is 36.2 Å². The van der Waals surface area contributed by atoms with Crippen LogP contribution in [0.1, 0.15) is 51.4 Å². The number of rotatable bonds is 12. The number of carbonyl (C=O) groups is 1. The van der Waals surface area contributed by atoms with Gasteiger partial charge < -0.3 is 19.7 Å². The highest BCUT2D eigenvalue weighted by molar-refractivity contribution is 6.32. The molecule has 0 radical (unpaired) electrons. The number of nitrogens with one attached hydrogen (secondary N) is 1. The third-order valence-corrected chi connectivity index (χ3v) is 5.35. The molecule has 4 rings (SSSR count). The van der Waals surface area contributed by atoms with E-state index in [4.69, 9.17) is 43.0 Å². The number of pyridine rings is 2. The lowest BCUT2D eigenvalue weighted by atomic mass is 10.0. The molecule has 0 saturated heterocycles. The van der Waals surface area contributed by atoms with E-state index in [0.717, 1.165) is 17.9 Å². The number of hydrogen-bond acceptors (Lipinski definition) is 8. The minimum absolute atomic E-state index is 0.108. The highest BCUT2D eigenvalue weighted by Crippen LogP contribution is 2.36. The largest absolute Gasteiger partial charge is 0.494 e. The van der Waals surface area contributed by atoms with Crippen molar-refractivity contribution in [2.45, 2.75) is 26.8 Å². The summed E-state index contributed by atoms with van der Waals surface area (Å²) >= 11 is 6.42. The van der Waals surface area contributed by atoms with E-state index in [2.05, 4.69) is 15.3 Å². The van der Waals surface area contributed by atoms with Crippen molar-refractivity contribution in [2.75, 3.05) is 32.4 Å². The first-order valence-corrected chi connectivity index (χ1v) is 12.2. The number of aromatic nitrogens is 2. The van der Waals surface area contributed by atoms with Crippen LogP contribution in [0.15, 0.2) is 66.7 Å². The van der Waals surface area contributed by atoms with Crippen LogP contribution in [0.5, 0.6) is 11.5 Å². The second kappa shape index (κ2) is 13.8. The number of hydrogen-bond donors (Lipinski definition) is 1. The molecular weight excluding hydrogens is 538 g/mol. The van der Waals surface area contributed by atoms with Gasteiger partial charge in [-0.25, -0.2) is 0 Å². The van der Waals surface area contributed by atoms with Gasteiger partial charge in [-0.15, -0.1) is 0 Å². The van der Waals surface area contributed by atoms with Crippen molar-refractivity contribution in [3.05, 3.63) is 94.2 Å². The van der Waals surface area contributed by atoms with E-state index in [1.54, 1.807) is 6.07 Å². The molecule has 0 unspecified atom stereocenters. The molecule has 9 heteroatoms. The van der Waals surface area contributed by atoms with Crippen LogP contribution in [0.3, 0.4) is 0 Å². The van der Waals surface area contributed by atoms with E-state index in [-0.39, 0.29) is 17.8 Å². The monoisotopic (exact) mass is 585 g/mol. The summed E-state index contributed by atoms with van der Waals surface area (Å²) in [4.78, 5) is 22.0. The maximum atomic E-state index is 13.2. The van der Waals surface area contributed by atoms with Crippen molar-refractivity contribution in [3.63, 3.8) is 0 Å². The molecule has 210 valence electrons. The van der Waals surface area contributed by atoms with Gasteiger partial charge in [0.25, 0.3) is 0 Å². The van der Waals surface area contributed by atoms with Crippen molar-refractivity contribution in [3.8, 4) is 17.6 Å². The molecule has 0 spiro atoms. The summed E-state index contributed by atoms with van der Waals surface area (Å²) in [5, 5.41) is 11.5. The minimum Gasteiger partial charge on any atom is -0.494 e. The Kier molecular flexibility index (Phi) is 5.02. The highest BCUT2D eigenvalue weighted by atomic mass is 35.5. The second-order valence-corrected chi connectivity index (χ2v) is 8.62. The number of nitriles is 1. The van der Waals surface area contributed by atoms with Crippen LogP contribution in [0, 0.1) is 18.3 Å². The lowest BCUT2D eigenvalue weighted by molar-refractivity contribution is -0.114. The molecule has 2 heterocycles. The topological polar surface area (TPSA) is 100 Å². The van der Waals surface area contributed by atoms with Crippen molar-refractivity contribution >= 4 is 39.7 Å². The van der Waals surface area contributed by atoms with E-state index < -0.39 is 137 Å². The first-order valence-electron chi connectivity index (χ1n) is 19.8. The van der Waals surface area contributed by atoms with Gasteiger partial charge in [0, 0.05) is 51.6 Å². The lowest BCUT2D eigenvalue weighted by Gasteiger charge is -2.16. The molecule has 0 bridgehead atoms. The first-order chi connectivity index (χ1) is 26.1. The SMILES string of the molecule is [2H]c1nc2c([2H])c(OC([2H])([2H])C)c(CC(=O)/C=C/CN(C)C([2H])([2H])[2H])c([2H])c2c(Nc2c([2H])c([2H])c(OC([2H])([2H])c3nc(C)c([2H])c([2H])c3[2H])c(Cl)c2[2H])c1C#N. The molecule has 2 aromatic carbocycles. The number of fused-ring (bicyclic) bond motifs is 1. The predicted octanol–water partition coefficient (Wildman–Crippen LogP) is 6.41. The van der Waals surface area contributed by atoms with Gasteiger partial charge >= 0.3 is 0 Å². The summed E-state index contributed by atoms with van der Waals surface area (Å²) in [6, 6.07) is -4.15. The Bertz CT molecular complexity index is 2350.